The molecule has 128 valence electrons. The van der Waals surface area contributed by atoms with Gasteiger partial charge in [0.2, 0.25) is 0 Å². The maximum atomic E-state index is 12.6. The fraction of sp³-hybridized carbons (Fsp3) is 0.500. The van der Waals surface area contributed by atoms with Crippen LogP contribution in [0.2, 0.25) is 0 Å². The van der Waals surface area contributed by atoms with E-state index in [-0.39, 0.29) is 35.1 Å². The Morgan fingerprint density at radius 3 is 2.26 bits per heavy atom. The Morgan fingerprint density at radius 2 is 1.74 bits per heavy atom. The van der Waals surface area contributed by atoms with Crippen LogP contribution in [0.25, 0.3) is 0 Å². The molecule has 0 spiro atoms. The van der Waals surface area contributed by atoms with Crippen LogP contribution in [0, 0.1) is 6.92 Å². The molecule has 1 aromatic carbocycles. The summed E-state index contributed by atoms with van der Waals surface area (Å²) in [5.74, 6) is 0.898. The first-order valence-corrected chi connectivity index (χ1v) is 11.1. The summed E-state index contributed by atoms with van der Waals surface area (Å²) in [7, 11) is -6.05. The van der Waals surface area contributed by atoms with Crippen LogP contribution in [0.3, 0.4) is 0 Å². The second-order valence-electron chi connectivity index (χ2n) is 5.78. The number of ketones is 2. The summed E-state index contributed by atoms with van der Waals surface area (Å²) < 4.78 is 30.7. The van der Waals surface area contributed by atoms with Crippen LogP contribution in [0.5, 0.6) is 0 Å². The van der Waals surface area contributed by atoms with Gasteiger partial charge in [-0.2, -0.15) is 8.42 Å². The Bertz CT molecular complexity index is 682. The van der Waals surface area contributed by atoms with Gasteiger partial charge in [-0.3, -0.25) is 9.59 Å². The number of hydrogen-bond acceptors (Lipinski definition) is 5. The van der Waals surface area contributed by atoms with Crippen LogP contribution < -0.4 is 0 Å². The zero-order valence-corrected chi connectivity index (χ0v) is 15.0. The lowest BCUT2D eigenvalue weighted by Crippen LogP contribution is -2.30. The molecule has 2 rings (SSSR count). The van der Waals surface area contributed by atoms with Crippen LogP contribution in [-0.2, 0) is 23.3 Å². The summed E-state index contributed by atoms with van der Waals surface area (Å²) in [6.45, 7) is 3.62. The number of rotatable bonds is 6. The van der Waals surface area contributed by atoms with E-state index in [9.17, 15) is 18.0 Å². The lowest BCUT2D eigenvalue weighted by atomic mass is 10.2. The van der Waals surface area contributed by atoms with E-state index in [1.165, 1.54) is 12.1 Å². The molecule has 0 atom stereocenters. The molecule has 5 nitrogen and oxygen atoms in total. The molecule has 7 heteroatoms. The van der Waals surface area contributed by atoms with Crippen molar-refractivity contribution in [1.29, 1.82) is 0 Å². The third kappa shape index (κ3) is 4.65. The average Bonchev–Trinajstić information content (AvgIpc) is 2.50. The second kappa shape index (κ2) is 7.15. The van der Waals surface area contributed by atoms with Gasteiger partial charge in [-0.25, -0.2) is 3.63 Å². The molecule has 0 bridgehead atoms. The minimum absolute atomic E-state index is 0.0199. The van der Waals surface area contributed by atoms with Crippen LogP contribution in [0.15, 0.2) is 29.2 Å². The molecule has 0 amide bonds. The number of hydrogen-bond donors (Lipinski definition) is 0. The first-order valence-electron chi connectivity index (χ1n) is 7.59. The second-order valence-corrected chi connectivity index (χ2v) is 10.7. The van der Waals surface area contributed by atoms with Crippen LogP contribution >= 0.6 is 10.3 Å². The zero-order valence-electron chi connectivity index (χ0n) is 13.4. The van der Waals surface area contributed by atoms with Gasteiger partial charge in [0.1, 0.15) is 11.6 Å². The van der Waals surface area contributed by atoms with Gasteiger partial charge in [-0.1, -0.05) is 24.6 Å². The average molecular weight is 358 g/mol. The van der Waals surface area contributed by atoms with E-state index in [1.54, 1.807) is 19.1 Å². The summed E-state index contributed by atoms with van der Waals surface area (Å²) in [6, 6.07) is 6.43. The molecule has 0 unspecified atom stereocenters. The Morgan fingerprint density at radius 1 is 1.17 bits per heavy atom. The molecule has 0 aliphatic carbocycles. The van der Waals surface area contributed by atoms with Crippen molar-refractivity contribution < 1.29 is 21.6 Å². The predicted molar refractivity (Wildman–Crippen MR) is 91.2 cm³/mol. The molecule has 1 fully saturated rings. The third-order valence-corrected chi connectivity index (χ3v) is 9.33. The smallest absolute Gasteiger partial charge is 0.300 e. The maximum absolute atomic E-state index is 12.6. The Kier molecular flexibility index (Phi) is 5.65. The maximum Gasteiger partial charge on any atom is 0.306 e. The summed E-state index contributed by atoms with van der Waals surface area (Å²) in [5, 5.41) is 0. The highest BCUT2D eigenvalue weighted by Crippen LogP contribution is 2.54. The van der Waals surface area contributed by atoms with Gasteiger partial charge in [0.25, 0.3) is 0 Å². The highest BCUT2D eigenvalue weighted by Gasteiger charge is 2.37. The fourth-order valence-corrected chi connectivity index (χ4v) is 7.92. The Labute approximate surface area is 139 Å². The lowest BCUT2D eigenvalue weighted by molar-refractivity contribution is -0.119. The van der Waals surface area contributed by atoms with Gasteiger partial charge in [0.05, 0.1) is 10.6 Å². The summed E-state index contributed by atoms with van der Waals surface area (Å²) in [4.78, 5) is 23.5. The van der Waals surface area contributed by atoms with Crippen molar-refractivity contribution in [2.45, 2.75) is 38.0 Å². The molecule has 1 aliphatic heterocycles. The van der Waals surface area contributed by atoms with Crippen molar-refractivity contribution in [2.24, 2.45) is 0 Å². The van der Waals surface area contributed by atoms with Gasteiger partial charge in [0.15, 0.2) is 0 Å². The molecule has 1 aromatic rings. The quantitative estimate of drug-likeness (QED) is 0.781. The topological polar surface area (TPSA) is 77.5 Å². The van der Waals surface area contributed by atoms with Gasteiger partial charge in [-0.15, -0.1) is 10.3 Å². The van der Waals surface area contributed by atoms with Gasteiger partial charge < -0.3 is 0 Å². The number of aryl methyl sites for hydroxylation is 1. The molecule has 1 heterocycles. The molecule has 0 N–H and O–H groups in total. The van der Waals surface area contributed by atoms with Crippen LogP contribution in [-0.4, -0.2) is 37.2 Å². The predicted octanol–water partition coefficient (Wildman–Crippen LogP) is 2.76. The summed E-state index contributed by atoms with van der Waals surface area (Å²) in [5.41, 5.74) is 0.954. The van der Waals surface area contributed by atoms with E-state index in [2.05, 4.69) is 0 Å². The van der Waals surface area contributed by atoms with Crippen molar-refractivity contribution in [3.8, 4) is 0 Å². The number of carbonyl (C=O) groups is 2. The van der Waals surface area contributed by atoms with E-state index in [4.69, 9.17) is 3.63 Å². The van der Waals surface area contributed by atoms with E-state index in [0.29, 0.717) is 17.9 Å². The normalized spacial score (nSPS) is 19.3. The van der Waals surface area contributed by atoms with Crippen molar-refractivity contribution in [1.82, 2.24) is 0 Å². The molecule has 0 saturated carbocycles. The summed E-state index contributed by atoms with van der Waals surface area (Å²) in [6.07, 6.45) is 0.919. The molecule has 0 aromatic heterocycles. The van der Waals surface area contributed by atoms with Gasteiger partial charge >= 0.3 is 10.1 Å². The third-order valence-electron chi connectivity index (χ3n) is 3.87. The van der Waals surface area contributed by atoms with Gasteiger partial charge in [0, 0.05) is 30.8 Å². The number of carbonyl (C=O) groups excluding carboxylic acids is 2. The van der Waals surface area contributed by atoms with E-state index < -0.39 is 20.4 Å². The molecule has 1 saturated heterocycles. The highest BCUT2D eigenvalue weighted by molar-refractivity contribution is 8.33. The van der Waals surface area contributed by atoms with Gasteiger partial charge in [-0.05, 0) is 19.1 Å². The molecule has 0 radical (unpaired) electrons. The molecular formula is C16H22O5S2. The lowest BCUT2D eigenvalue weighted by Gasteiger charge is -2.40. The number of benzene rings is 1. The minimum atomic E-state index is -3.93. The van der Waals surface area contributed by atoms with Crippen molar-refractivity contribution in [3.05, 3.63) is 29.8 Å². The molecule has 1 aliphatic rings. The number of Topliss-reactive ketones (excluding diaryl/α,β-unsaturated/α-hetero) is 2. The van der Waals surface area contributed by atoms with E-state index in [0.717, 1.165) is 5.56 Å². The van der Waals surface area contributed by atoms with Crippen LogP contribution in [0.4, 0.5) is 0 Å². The van der Waals surface area contributed by atoms with E-state index >= 15 is 0 Å². The Balaban J connectivity index is 2.27. The highest BCUT2D eigenvalue weighted by atomic mass is 32.3. The monoisotopic (exact) mass is 358 g/mol. The van der Waals surface area contributed by atoms with E-state index in [1.807, 2.05) is 6.92 Å². The van der Waals surface area contributed by atoms with Crippen molar-refractivity contribution >= 4 is 32.0 Å². The Hall–Kier alpha value is -1.18. The summed E-state index contributed by atoms with van der Waals surface area (Å²) >= 11 is 0. The van der Waals surface area contributed by atoms with Crippen LogP contribution in [0.1, 0.15) is 31.7 Å². The first-order chi connectivity index (χ1) is 10.8. The first kappa shape index (κ1) is 18.2. The minimum Gasteiger partial charge on any atom is -0.300 e. The zero-order chi connectivity index (χ0) is 17.1. The largest absolute Gasteiger partial charge is 0.306 e. The molecule has 23 heavy (non-hydrogen) atoms. The van der Waals surface area contributed by atoms with Crippen molar-refractivity contribution in [3.63, 3.8) is 0 Å². The molecular weight excluding hydrogens is 336 g/mol. The fourth-order valence-electron chi connectivity index (χ4n) is 2.39. The van der Waals surface area contributed by atoms with Crippen molar-refractivity contribution in [2.75, 3.05) is 17.3 Å². The SMILES string of the molecule is CCC(=O)CS1(OS(=O)(=O)c2ccc(C)cc2)CCC(=O)CC1. The standard InChI is InChI=1S/C16H22O5S2/c1-3-14(17)12-22(10-8-15(18)9-11-22)21-23(19,20)16-6-4-13(2)5-7-16/h4-7H,3,8-12H2,1-2H3.